The van der Waals surface area contributed by atoms with Crippen molar-refractivity contribution in [3.8, 4) is 16.9 Å². The van der Waals surface area contributed by atoms with Crippen molar-refractivity contribution in [1.29, 1.82) is 0 Å². The van der Waals surface area contributed by atoms with Crippen molar-refractivity contribution < 1.29 is 13.5 Å². The second kappa shape index (κ2) is 5.12. The molecule has 0 radical (unpaired) electrons. The Labute approximate surface area is 102 Å². The third kappa shape index (κ3) is 2.54. The predicted molar refractivity (Wildman–Crippen MR) is 67.5 cm³/mol. The fourth-order valence-electron chi connectivity index (χ4n) is 1.63. The van der Waals surface area contributed by atoms with Crippen molar-refractivity contribution in [2.75, 3.05) is 7.11 Å². The van der Waals surface area contributed by atoms with Crippen LogP contribution < -0.4 is 4.74 Å². The molecule has 17 heavy (non-hydrogen) atoms. The first-order valence-corrected chi connectivity index (χ1v) is 6.17. The third-order valence-electron chi connectivity index (χ3n) is 2.47. The summed E-state index contributed by atoms with van der Waals surface area (Å²) in [4.78, 5) is 0.392. The Bertz CT molecular complexity index is 535. The van der Waals surface area contributed by atoms with Crippen molar-refractivity contribution in [3.05, 3.63) is 48.5 Å². The Balaban J connectivity index is 2.43. The van der Waals surface area contributed by atoms with Gasteiger partial charge in [-0.1, -0.05) is 30.3 Å². The van der Waals surface area contributed by atoms with Gasteiger partial charge in [0.15, 0.2) is 11.1 Å². The molecule has 0 aromatic heterocycles. The van der Waals surface area contributed by atoms with E-state index in [9.17, 15) is 4.21 Å². The Hall–Kier alpha value is -1.65. The van der Waals surface area contributed by atoms with Gasteiger partial charge in [-0.25, -0.2) is 4.21 Å². The normalized spacial score (nSPS) is 12.1. The second-order valence-corrected chi connectivity index (χ2v) is 4.44. The highest BCUT2D eigenvalue weighted by Gasteiger charge is 2.05. The molecule has 0 aliphatic rings. The van der Waals surface area contributed by atoms with Crippen LogP contribution in [-0.4, -0.2) is 15.9 Å². The maximum atomic E-state index is 10.9. The minimum Gasteiger partial charge on any atom is -0.496 e. The van der Waals surface area contributed by atoms with Crippen LogP contribution in [0.1, 0.15) is 0 Å². The molecule has 0 spiro atoms. The Morgan fingerprint density at radius 1 is 1.06 bits per heavy atom. The van der Waals surface area contributed by atoms with Crippen LogP contribution in [0.25, 0.3) is 11.1 Å². The monoisotopic (exact) mass is 248 g/mol. The molecule has 0 bridgehead atoms. The predicted octanol–water partition coefficient (Wildman–Crippen LogP) is 2.94. The topological polar surface area (TPSA) is 46.5 Å². The van der Waals surface area contributed by atoms with Gasteiger partial charge in [0.2, 0.25) is 0 Å². The first kappa shape index (κ1) is 11.8. The van der Waals surface area contributed by atoms with E-state index >= 15 is 0 Å². The molecule has 0 aliphatic heterocycles. The molecule has 3 nitrogen and oxygen atoms in total. The first-order chi connectivity index (χ1) is 8.22. The van der Waals surface area contributed by atoms with Crippen molar-refractivity contribution >= 4 is 11.1 Å². The summed E-state index contributed by atoms with van der Waals surface area (Å²) in [6.45, 7) is 0. The smallest absolute Gasteiger partial charge is 0.186 e. The number of rotatable bonds is 3. The van der Waals surface area contributed by atoms with Crippen LogP contribution in [0.15, 0.2) is 53.4 Å². The van der Waals surface area contributed by atoms with E-state index in [1.807, 2.05) is 24.3 Å². The lowest BCUT2D eigenvalue weighted by Gasteiger charge is -2.08. The van der Waals surface area contributed by atoms with Gasteiger partial charge >= 0.3 is 0 Å². The van der Waals surface area contributed by atoms with Crippen LogP contribution in [0.4, 0.5) is 0 Å². The highest BCUT2D eigenvalue weighted by atomic mass is 32.2. The lowest BCUT2D eigenvalue weighted by atomic mass is 10.1. The molecule has 88 valence electrons. The molecule has 1 N–H and O–H groups in total. The molecule has 0 saturated carbocycles. The van der Waals surface area contributed by atoms with Crippen molar-refractivity contribution in [2.45, 2.75) is 4.90 Å². The van der Waals surface area contributed by atoms with E-state index in [-0.39, 0.29) is 0 Å². The van der Waals surface area contributed by atoms with E-state index in [4.69, 9.17) is 9.29 Å². The van der Waals surface area contributed by atoms with E-state index in [0.717, 1.165) is 16.9 Å². The van der Waals surface area contributed by atoms with Crippen LogP contribution in [0, 0.1) is 0 Å². The Morgan fingerprint density at radius 3 is 2.29 bits per heavy atom. The quantitative estimate of drug-likeness (QED) is 0.849. The highest BCUT2D eigenvalue weighted by molar-refractivity contribution is 7.79. The summed E-state index contributed by atoms with van der Waals surface area (Å²) in [5.41, 5.74) is 1.92. The second-order valence-electron chi connectivity index (χ2n) is 3.47. The fraction of sp³-hybridized carbons (Fsp3) is 0.0769. The van der Waals surface area contributed by atoms with Crippen molar-refractivity contribution in [2.24, 2.45) is 0 Å². The summed E-state index contributed by atoms with van der Waals surface area (Å²) >= 11 is -1.93. The van der Waals surface area contributed by atoms with Gasteiger partial charge in [-0.3, -0.25) is 0 Å². The summed E-state index contributed by atoms with van der Waals surface area (Å²) in [6.07, 6.45) is 0. The molecule has 0 heterocycles. The fourth-order valence-corrected chi connectivity index (χ4v) is 2.00. The lowest BCUT2D eigenvalue weighted by molar-refractivity contribution is 0.416. The molecule has 0 aliphatic carbocycles. The molecular formula is C13H12O3S. The molecular weight excluding hydrogens is 236 g/mol. The van der Waals surface area contributed by atoms with Crippen LogP contribution in [0.2, 0.25) is 0 Å². The zero-order valence-electron chi connectivity index (χ0n) is 9.29. The van der Waals surface area contributed by atoms with Crippen LogP contribution in [0.5, 0.6) is 5.75 Å². The van der Waals surface area contributed by atoms with Crippen LogP contribution >= 0.6 is 0 Å². The largest absolute Gasteiger partial charge is 0.496 e. The molecule has 0 amide bonds. The number of ether oxygens (including phenoxy) is 1. The summed E-state index contributed by atoms with van der Waals surface area (Å²) in [5, 5.41) is 0. The molecule has 0 fully saturated rings. The van der Waals surface area contributed by atoms with Gasteiger partial charge in [-0.05, 0) is 23.8 Å². The van der Waals surface area contributed by atoms with E-state index in [1.54, 1.807) is 31.4 Å². The van der Waals surface area contributed by atoms with Gasteiger partial charge in [0, 0.05) is 5.56 Å². The van der Waals surface area contributed by atoms with Crippen molar-refractivity contribution in [1.82, 2.24) is 0 Å². The zero-order valence-corrected chi connectivity index (χ0v) is 10.1. The van der Waals surface area contributed by atoms with E-state index < -0.39 is 11.1 Å². The molecule has 1 unspecified atom stereocenters. The summed E-state index contributed by atoms with van der Waals surface area (Å²) in [5.74, 6) is 0.783. The Morgan fingerprint density at radius 2 is 1.71 bits per heavy atom. The highest BCUT2D eigenvalue weighted by Crippen LogP contribution is 2.29. The van der Waals surface area contributed by atoms with Crippen LogP contribution in [-0.2, 0) is 11.1 Å². The third-order valence-corrected chi connectivity index (χ3v) is 3.15. The summed E-state index contributed by atoms with van der Waals surface area (Å²) in [7, 11) is 1.62. The standard InChI is InChI=1S/C13H12O3S/c1-16-13-5-3-2-4-12(13)10-6-8-11(9-7-10)17(14)15/h2-9H,1H3,(H,14,15). The molecule has 2 aromatic carbocycles. The number of methoxy groups -OCH3 is 1. The number of benzene rings is 2. The average molecular weight is 248 g/mol. The lowest BCUT2D eigenvalue weighted by Crippen LogP contribution is -1.89. The van der Waals surface area contributed by atoms with Crippen molar-refractivity contribution in [3.63, 3.8) is 0 Å². The van der Waals surface area contributed by atoms with Gasteiger partial charge < -0.3 is 9.29 Å². The first-order valence-electron chi connectivity index (χ1n) is 5.06. The summed E-state index contributed by atoms with van der Waals surface area (Å²) in [6, 6.07) is 14.5. The van der Waals surface area contributed by atoms with Gasteiger partial charge in [0.1, 0.15) is 5.75 Å². The SMILES string of the molecule is COc1ccccc1-c1ccc(S(=O)O)cc1. The number of hydrogen-bond donors (Lipinski definition) is 1. The minimum atomic E-state index is -1.93. The van der Waals surface area contributed by atoms with Gasteiger partial charge in [-0.2, -0.15) is 0 Å². The molecule has 1 atom stereocenters. The van der Waals surface area contributed by atoms with E-state index in [2.05, 4.69) is 0 Å². The number of hydrogen-bond acceptors (Lipinski definition) is 2. The average Bonchev–Trinajstić information content (AvgIpc) is 2.39. The van der Waals surface area contributed by atoms with E-state index in [0.29, 0.717) is 4.90 Å². The molecule has 4 heteroatoms. The Kier molecular flexibility index (Phi) is 3.56. The minimum absolute atomic E-state index is 0.392. The van der Waals surface area contributed by atoms with Gasteiger partial charge in [-0.15, -0.1) is 0 Å². The van der Waals surface area contributed by atoms with Gasteiger partial charge in [0.25, 0.3) is 0 Å². The van der Waals surface area contributed by atoms with Crippen LogP contribution in [0.3, 0.4) is 0 Å². The number of para-hydroxylation sites is 1. The van der Waals surface area contributed by atoms with E-state index in [1.165, 1.54) is 0 Å². The molecule has 2 aromatic rings. The zero-order chi connectivity index (χ0) is 12.3. The molecule has 0 saturated heterocycles. The molecule has 2 rings (SSSR count). The van der Waals surface area contributed by atoms with Gasteiger partial charge in [0.05, 0.1) is 12.0 Å². The summed E-state index contributed by atoms with van der Waals surface area (Å²) < 4.78 is 25.1. The maximum Gasteiger partial charge on any atom is 0.186 e. The maximum absolute atomic E-state index is 10.9.